The molecule has 30 heavy (non-hydrogen) atoms. The second-order valence-corrected chi connectivity index (χ2v) is 8.41. The number of carbonyl (C=O) groups is 1. The van der Waals surface area contributed by atoms with E-state index in [2.05, 4.69) is 42.6 Å². The molecule has 1 N–H and O–H groups in total. The Morgan fingerprint density at radius 1 is 1.17 bits per heavy atom. The SMILES string of the molecule is CC(C)CCN(C(=O)Nc1ccc(OC(F)(F)F)cc1)C1Cc2ccc(S)cc2C1. The number of fused-ring (bicyclic) bond motifs is 1. The summed E-state index contributed by atoms with van der Waals surface area (Å²) in [5.41, 5.74) is 2.83. The highest BCUT2D eigenvalue weighted by atomic mass is 32.1. The van der Waals surface area contributed by atoms with E-state index in [9.17, 15) is 18.0 Å². The van der Waals surface area contributed by atoms with Crippen LogP contribution in [0.15, 0.2) is 47.4 Å². The summed E-state index contributed by atoms with van der Waals surface area (Å²) >= 11 is 4.40. The minimum absolute atomic E-state index is 0.0294. The van der Waals surface area contributed by atoms with Crippen LogP contribution in [0.4, 0.5) is 23.7 Å². The highest BCUT2D eigenvalue weighted by molar-refractivity contribution is 7.80. The molecule has 0 saturated carbocycles. The van der Waals surface area contributed by atoms with Crippen molar-refractivity contribution in [2.75, 3.05) is 11.9 Å². The van der Waals surface area contributed by atoms with Crippen LogP contribution in [0.25, 0.3) is 0 Å². The summed E-state index contributed by atoms with van der Waals surface area (Å²) in [6.45, 7) is 4.81. The lowest BCUT2D eigenvalue weighted by molar-refractivity contribution is -0.274. The number of nitrogens with one attached hydrogen (secondary N) is 1. The maximum Gasteiger partial charge on any atom is 0.573 e. The zero-order chi connectivity index (χ0) is 21.9. The number of amides is 2. The van der Waals surface area contributed by atoms with Crippen molar-refractivity contribution in [2.24, 2.45) is 5.92 Å². The van der Waals surface area contributed by atoms with Gasteiger partial charge < -0.3 is 15.0 Å². The normalized spacial score (nSPS) is 15.8. The zero-order valence-electron chi connectivity index (χ0n) is 16.9. The lowest BCUT2D eigenvalue weighted by Crippen LogP contribution is -2.44. The van der Waals surface area contributed by atoms with Crippen LogP contribution in [0.2, 0.25) is 0 Å². The summed E-state index contributed by atoms with van der Waals surface area (Å²) < 4.78 is 40.8. The lowest BCUT2D eigenvalue weighted by Gasteiger charge is -2.30. The molecular formula is C22H25F3N2O2S. The highest BCUT2D eigenvalue weighted by Crippen LogP contribution is 2.29. The number of ether oxygens (including phenoxy) is 1. The maximum atomic E-state index is 13.0. The number of nitrogens with zero attached hydrogens (tertiary/aromatic N) is 1. The molecule has 0 spiro atoms. The van der Waals surface area contributed by atoms with E-state index in [0.29, 0.717) is 18.2 Å². The van der Waals surface area contributed by atoms with Crippen LogP contribution in [-0.4, -0.2) is 29.9 Å². The van der Waals surface area contributed by atoms with E-state index < -0.39 is 6.36 Å². The van der Waals surface area contributed by atoms with Gasteiger partial charge in [0.05, 0.1) is 0 Å². The van der Waals surface area contributed by atoms with E-state index in [1.54, 1.807) is 0 Å². The first-order valence-electron chi connectivity index (χ1n) is 9.85. The molecule has 0 aliphatic heterocycles. The largest absolute Gasteiger partial charge is 0.573 e. The Labute approximate surface area is 179 Å². The average molecular weight is 439 g/mol. The molecule has 1 unspecified atom stereocenters. The second kappa shape index (κ2) is 9.20. The third-order valence-corrected chi connectivity index (χ3v) is 5.37. The topological polar surface area (TPSA) is 41.6 Å². The lowest BCUT2D eigenvalue weighted by atomic mass is 10.1. The Bertz CT molecular complexity index is 885. The number of alkyl halides is 3. The molecule has 1 aliphatic rings. The van der Waals surface area contributed by atoms with Crippen LogP contribution < -0.4 is 10.1 Å². The van der Waals surface area contributed by atoms with E-state index in [0.717, 1.165) is 24.2 Å². The van der Waals surface area contributed by atoms with Gasteiger partial charge >= 0.3 is 12.4 Å². The van der Waals surface area contributed by atoms with Crippen molar-refractivity contribution >= 4 is 24.3 Å². The fourth-order valence-electron chi connectivity index (χ4n) is 3.58. The molecule has 0 radical (unpaired) electrons. The number of carbonyl (C=O) groups excluding carboxylic acids is 1. The van der Waals surface area contributed by atoms with Crippen molar-refractivity contribution in [1.82, 2.24) is 4.90 Å². The number of benzene rings is 2. The van der Waals surface area contributed by atoms with Crippen molar-refractivity contribution < 1.29 is 22.7 Å². The molecule has 0 saturated heterocycles. The maximum absolute atomic E-state index is 13.0. The van der Waals surface area contributed by atoms with Gasteiger partial charge in [-0.2, -0.15) is 0 Å². The highest BCUT2D eigenvalue weighted by Gasteiger charge is 2.32. The van der Waals surface area contributed by atoms with Gasteiger partial charge in [-0.3, -0.25) is 0 Å². The van der Waals surface area contributed by atoms with Gasteiger partial charge in [-0.15, -0.1) is 25.8 Å². The van der Waals surface area contributed by atoms with E-state index in [1.807, 2.05) is 17.0 Å². The summed E-state index contributed by atoms with van der Waals surface area (Å²) in [4.78, 5) is 15.8. The molecule has 162 valence electrons. The van der Waals surface area contributed by atoms with Crippen molar-refractivity contribution in [3.63, 3.8) is 0 Å². The third kappa shape index (κ3) is 6.08. The van der Waals surface area contributed by atoms with Gasteiger partial charge in [-0.1, -0.05) is 19.9 Å². The van der Waals surface area contributed by atoms with Crippen LogP contribution in [0.5, 0.6) is 5.75 Å². The molecule has 4 nitrogen and oxygen atoms in total. The number of rotatable bonds is 6. The third-order valence-electron chi connectivity index (χ3n) is 5.09. The summed E-state index contributed by atoms with van der Waals surface area (Å²) in [5, 5.41) is 2.81. The summed E-state index contributed by atoms with van der Waals surface area (Å²) in [6.07, 6.45) is -2.36. The monoisotopic (exact) mass is 438 g/mol. The van der Waals surface area contributed by atoms with Crippen LogP contribution in [0.3, 0.4) is 0 Å². The van der Waals surface area contributed by atoms with Gasteiger partial charge in [-0.05, 0) is 72.7 Å². The van der Waals surface area contributed by atoms with Crippen molar-refractivity contribution in [3.05, 3.63) is 53.6 Å². The van der Waals surface area contributed by atoms with Gasteiger partial charge in [0, 0.05) is 23.2 Å². The summed E-state index contributed by atoms with van der Waals surface area (Å²) in [6, 6.07) is 11.0. The van der Waals surface area contributed by atoms with Crippen molar-refractivity contribution in [1.29, 1.82) is 0 Å². The number of urea groups is 1. The quantitative estimate of drug-likeness (QED) is 0.550. The van der Waals surface area contributed by atoms with Gasteiger partial charge in [0.2, 0.25) is 0 Å². The number of hydrogen-bond acceptors (Lipinski definition) is 3. The number of hydrogen-bond donors (Lipinski definition) is 2. The Balaban J connectivity index is 1.70. The fraction of sp³-hybridized carbons (Fsp3) is 0.409. The van der Waals surface area contributed by atoms with E-state index >= 15 is 0 Å². The molecule has 2 aromatic carbocycles. The number of anilines is 1. The molecule has 1 atom stereocenters. The predicted molar refractivity (Wildman–Crippen MR) is 113 cm³/mol. The zero-order valence-corrected chi connectivity index (χ0v) is 17.8. The smallest absolute Gasteiger partial charge is 0.406 e. The Morgan fingerprint density at radius 3 is 2.47 bits per heavy atom. The first-order valence-corrected chi connectivity index (χ1v) is 10.3. The van der Waals surface area contributed by atoms with E-state index in [-0.39, 0.29) is 17.8 Å². The standard InChI is InChI=1S/C22H25F3N2O2S/c1-14(2)9-10-27(18-11-15-3-8-20(30)13-16(15)12-18)21(28)26-17-4-6-19(7-5-17)29-22(23,24)25/h3-8,13-14,18,30H,9-12H2,1-2H3,(H,26,28). The fourth-order valence-corrected chi connectivity index (χ4v) is 3.81. The minimum Gasteiger partial charge on any atom is -0.406 e. The molecule has 2 aromatic rings. The van der Waals surface area contributed by atoms with Gasteiger partial charge in [0.25, 0.3) is 0 Å². The molecule has 3 rings (SSSR count). The molecular weight excluding hydrogens is 413 g/mol. The van der Waals surface area contributed by atoms with E-state index in [4.69, 9.17) is 0 Å². The molecule has 1 aliphatic carbocycles. The van der Waals surface area contributed by atoms with Crippen molar-refractivity contribution in [2.45, 2.75) is 50.4 Å². The first-order chi connectivity index (χ1) is 14.1. The molecule has 8 heteroatoms. The van der Waals surface area contributed by atoms with Crippen LogP contribution in [-0.2, 0) is 12.8 Å². The summed E-state index contributed by atoms with van der Waals surface area (Å²) in [7, 11) is 0. The first kappa shape index (κ1) is 22.3. The Hall–Kier alpha value is -2.35. The molecule has 0 bridgehead atoms. The predicted octanol–water partition coefficient (Wildman–Crippen LogP) is 5.92. The Kier molecular flexibility index (Phi) is 6.85. The molecule has 0 aromatic heterocycles. The van der Waals surface area contributed by atoms with Crippen LogP contribution >= 0.6 is 12.6 Å². The van der Waals surface area contributed by atoms with Crippen LogP contribution in [0.1, 0.15) is 31.4 Å². The van der Waals surface area contributed by atoms with Gasteiger partial charge in [-0.25, -0.2) is 4.79 Å². The Morgan fingerprint density at radius 2 is 1.83 bits per heavy atom. The van der Waals surface area contributed by atoms with Gasteiger partial charge in [0.1, 0.15) is 5.75 Å². The molecule has 0 fully saturated rings. The van der Waals surface area contributed by atoms with Crippen molar-refractivity contribution in [3.8, 4) is 5.75 Å². The minimum atomic E-state index is -4.75. The van der Waals surface area contributed by atoms with Crippen LogP contribution in [0, 0.1) is 5.92 Å². The van der Waals surface area contributed by atoms with E-state index in [1.165, 1.54) is 35.4 Å². The average Bonchev–Trinajstić information content (AvgIpc) is 3.04. The molecule has 0 heterocycles. The summed E-state index contributed by atoms with van der Waals surface area (Å²) in [5.74, 6) is 0.109. The number of thiol groups is 1. The second-order valence-electron chi connectivity index (χ2n) is 7.89. The molecule has 2 amide bonds. The number of halogens is 3. The van der Waals surface area contributed by atoms with Gasteiger partial charge in [0.15, 0.2) is 0 Å².